The van der Waals surface area contributed by atoms with Crippen molar-refractivity contribution in [2.75, 3.05) is 13.7 Å². The fraction of sp³-hybridized carbons (Fsp3) is 0.333. The molecule has 0 bridgehead atoms. The summed E-state index contributed by atoms with van der Waals surface area (Å²) in [6.07, 6.45) is 0. The van der Waals surface area contributed by atoms with E-state index in [0.29, 0.717) is 23.1 Å². The van der Waals surface area contributed by atoms with E-state index in [2.05, 4.69) is 17.6 Å². The van der Waals surface area contributed by atoms with Crippen LogP contribution in [0.5, 0.6) is 11.5 Å². The highest BCUT2D eigenvalue weighted by Crippen LogP contribution is 2.37. The molecule has 0 saturated heterocycles. The van der Waals surface area contributed by atoms with Crippen molar-refractivity contribution in [1.29, 1.82) is 0 Å². The van der Waals surface area contributed by atoms with Crippen LogP contribution in [0.15, 0.2) is 29.0 Å². The number of methoxy groups -OCH3 is 1. The summed E-state index contributed by atoms with van der Waals surface area (Å²) >= 11 is 7.95. The van der Waals surface area contributed by atoms with E-state index in [4.69, 9.17) is 21.1 Å². The zero-order valence-electron chi connectivity index (χ0n) is 11.6. The Morgan fingerprint density at radius 1 is 1.30 bits per heavy atom. The second-order valence-electron chi connectivity index (χ2n) is 4.31. The Kier molecular flexibility index (Phi) is 5.71. The maximum atomic E-state index is 6.30. The molecule has 0 aliphatic carbocycles. The molecule has 0 amide bonds. The molecule has 0 atom stereocenters. The van der Waals surface area contributed by atoms with Gasteiger partial charge < -0.3 is 14.8 Å². The molecule has 5 heteroatoms. The van der Waals surface area contributed by atoms with Crippen LogP contribution in [0.3, 0.4) is 0 Å². The van der Waals surface area contributed by atoms with E-state index < -0.39 is 0 Å². The Morgan fingerprint density at radius 3 is 2.80 bits per heavy atom. The second kappa shape index (κ2) is 7.53. The zero-order valence-corrected chi connectivity index (χ0v) is 13.2. The summed E-state index contributed by atoms with van der Waals surface area (Å²) in [5.41, 5.74) is 2.21. The van der Waals surface area contributed by atoms with Crippen molar-refractivity contribution < 1.29 is 9.47 Å². The maximum Gasteiger partial charge on any atom is 0.180 e. The van der Waals surface area contributed by atoms with E-state index >= 15 is 0 Å². The Balaban J connectivity index is 2.14. The van der Waals surface area contributed by atoms with E-state index in [0.717, 1.165) is 24.2 Å². The Bertz CT molecular complexity index is 543. The first-order chi connectivity index (χ1) is 9.74. The predicted molar refractivity (Wildman–Crippen MR) is 84.0 cm³/mol. The van der Waals surface area contributed by atoms with Gasteiger partial charge in [0.2, 0.25) is 0 Å². The number of hydrogen-bond acceptors (Lipinski definition) is 4. The summed E-state index contributed by atoms with van der Waals surface area (Å²) in [5, 5.41) is 7.92. The lowest BCUT2D eigenvalue weighted by Gasteiger charge is -2.14. The number of hydrogen-bond donors (Lipinski definition) is 1. The molecule has 3 nitrogen and oxygen atoms in total. The van der Waals surface area contributed by atoms with Gasteiger partial charge in [-0.05, 0) is 46.6 Å². The molecule has 1 aromatic heterocycles. The quantitative estimate of drug-likeness (QED) is 0.835. The third-order valence-electron chi connectivity index (χ3n) is 2.83. The first-order valence-electron chi connectivity index (χ1n) is 6.45. The summed E-state index contributed by atoms with van der Waals surface area (Å²) in [5.74, 6) is 1.27. The molecule has 2 aromatic rings. The maximum absolute atomic E-state index is 6.30. The summed E-state index contributed by atoms with van der Waals surface area (Å²) in [6.45, 7) is 4.23. The molecule has 20 heavy (non-hydrogen) atoms. The SMILES string of the molecule is CCNCc1cc(Cl)c(OCc2ccsc2)c(OC)c1. The average Bonchev–Trinajstić information content (AvgIpc) is 2.96. The number of rotatable bonds is 7. The standard InChI is InChI=1S/C15H18ClNO2S/c1-3-17-8-12-6-13(16)15(14(7-12)18-2)19-9-11-4-5-20-10-11/h4-7,10,17H,3,8-9H2,1-2H3. The van der Waals surface area contributed by atoms with Crippen LogP contribution in [0.4, 0.5) is 0 Å². The third-order valence-corrected chi connectivity index (χ3v) is 3.84. The second-order valence-corrected chi connectivity index (χ2v) is 5.50. The summed E-state index contributed by atoms with van der Waals surface area (Å²) in [7, 11) is 1.63. The van der Waals surface area contributed by atoms with Gasteiger partial charge in [-0.1, -0.05) is 18.5 Å². The minimum Gasteiger partial charge on any atom is -0.493 e. The molecule has 0 spiro atoms. The van der Waals surface area contributed by atoms with Gasteiger partial charge in [-0.3, -0.25) is 0 Å². The van der Waals surface area contributed by atoms with Gasteiger partial charge in [-0.15, -0.1) is 0 Å². The molecule has 0 fully saturated rings. The normalized spacial score (nSPS) is 10.6. The number of benzene rings is 1. The fourth-order valence-electron chi connectivity index (χ4n) is 1.81. The summed E-state index contributed by atoms with van der Waals surface area (Å²) in [4.78, 5) is 0. The van der Waals surface area contributed by atoms with Crippen LogP contribution < -0.4 is 14.8 Å². The van der Waals surface area contributed by atoms with Gasteiger partial charge in [0.25, 0.3) is 0 Å². The van der Waals surface area contributed by atoms with Crippen LogP contribution in [0.25, 0.3) is 0 Å². The minimum atomic E-state index is 0.492. The Hall–Kier alpha value is -1.23. The Labute approximate surface area is 128 Å². The van der Waals surface area contributed by atoms with E-state index in [9.17, 15) is 0 Å². The van der Waals surface area contributed by atoms with Crippen molar-refractivity contribution >= 4 is 22.9 Å². The zero-order chi connectivity index (χ0) is 14.4. The van der Waals surface area contributed by atoms with Crippen LogP contribution in [-0.4, -0.2) is 13.7 Å². The number of nitrogens with one attached hydrogen (secondary N) is 1. The van der Waals surface area contributed by atoms with Gasteiger partial charge in [0.05, 0.1) is 12.1 Å². The molecule has 0 radical (unpaired) electrons. The molecule has 2 rings (SSSR count). The van der Waals surface area contributed by atoms with Crippen molar-refractivity contribution in [2.45, 2.75) is 20.1 Å². The van der Waals surface area contributed by atoms with E-state index in [-0.39, 0.29) is 0 Å². The Morgan fingerprint density at radius 2 is 2.15 bits per heavy atom. The highest BCUT2D eigenvalue weighted by molar-refractivity contribution is 7.07. The van der Waals surface area contributed by atoms with Crippen molar-refractivity contribution in [2.24, 2.45) is 0 Å². The van der Waals surface area contributed by atoms with E-state index in [1.807, 2.05) is 23.6 Å². The van der Waals surface area contributed by atoms with Gasteiger partial charge in [-0.25, -0.2) is 0 Å². The number of halogens is 1. The van der Waals surface area contributed by atoms with Gasteiger partial charge in [0, 0.05) is 6.54 Å². The molecule has 0 unspecified atom stereocenters. The molecular formula is C15H18ClNO2S. The molecule has 0 aliphatic rings. The highest BCUT2D eigenvalue weighted by atomic mass is 35.5. The smallest absolute Gasteiger partial charge is 0.180 e. The fourth-order valence-corrected chi connectivity index (χ4v) is 2.76. The third kappa shape index (κ3) is 3.88. The van der Waals surface area contributed by atoms with E-state index in [1.54, 1.807) is 18.4 Å². The molecule has 1 heterocycles. The summed E-state index contributed by atoms with van der Waals surface area (Å²) in [6, 6.07) is 5.90. The molecule has 108 valence electrons. The van der Waals surface area contributed by atoms with Crippen LogP contribution in [0.2, 0.25) is 5.02 Å². The van der Waals surface area contributed by atoms with Gasteiger partial charge >= 0.3 is 0 Å². The van der Waals surface area contributed by atoms with Gasteiger partial charge in [0.15, 0.2) is 11.5 Å². The predicted octanol–water partition coefficient (Wildman–Crippen LogP) is 4.10. The van der Waals surface area contributed by atoms with Crippen LogP contribution in [0, 0.1) is 0 Å². The highest BCUT2D eigenvalue weighted by Gasteiger charge is 2.12. The topological polar surface area (TPSA) is 30.5 Å². The van der Waals surface area contributed by atoms with Crippen molar-refractivity contribution in [1.82, 2.24) is 5.32 Å². The largest absolute Gasteiger partial charge is 0.493 e. The van der Waals surface area contributed by atoms with Crippen molar-refractivity contribution in [3.8, 4) is 11.5 Å². The lowest BCUT2D eigenvalue weighted by atomic mass is 10.2. The first kappa shape index (κ1) is 15.2. The van der Waals surface area contributed by atoms with Crippen LogP contribution in [0.1, 0.15) is 18.1 Å². The molecule has 1 aromatic carbocycles. The van der Waals surface area contributed by atoms with Crippen LogP contribution >= 0.6 is 22.9 Å². The van der Waals surface area contributed by atoms with E-state index in [1.165, 1.54) is 0 Å². The van der Waals surface area contributed by atoms with Crippen molar-refractivity contribution in [3.05, 3.63) is 45.1 Å². The number of thiophene rings is 1. The van der Waals surface area contributed by atoms with Crippen LogP contribution in [-0.2, 0) is 13.2 Å². The minimum absolute atomic E-state index is 0.492. The van der Waals surface area contributed by atoms with Crippen molar-refractivity contribution in [3.63, 3.8) is 0 Å². The molecule has 0 saturated carbocycles. The number of ether oxygens (including phenoxy) is 2. The lowest BCUT2D eigenvalue weighted by Crippen LogP contribution is -2.12. The molecular weight excluding hydrogens is 294 g/mol. The summed E-state index contributed by atoms with van der Waals surface area (Å²) < 4.78 is 11.2. The average molecular weight is 312 g/mol. The monoisotopic (exact) mass is 311 g/mol. The molecule has 1 N–H and O–H groups in total. The van der Waals surface area contributed by atoms with Gasteiger partial charge in [-0.2, -0.15) is 11.3 Å². The van der Waals surface area contributed by atoms with Gasteiger partial charge in [0.1, 0.15) is 6.61 Å². The lowest BCUT2D eigenvalue weighted by molar-refractivity contribution is 0.285. The first-order valence-corrected chi connectivity index (χ1v) is 7.77. The molecule has 0 aliphatic heterocycles.